The number of carbonyl (C=O) groups excluding carboxylic acids is 1. The first-order chi connectivity index (χ1) is 13.0. The van der Waals surface area contributed by atoms with Crippen LogP contribution in [0.4, 0.5) is 0 Å². The van der Waals surface area contributed by atoms with Crippen molar-refractivity contribution in [1.29, 1.82) is 0 Å². The van der Waals surface area contributed by atoms with Crippen LogP contribution >= 0.6 is 11.3 Å². The number of amides is 1. The van der Waals surface area contributed by atoms with E-state index in [2.05, 4.69) is 20.6 Å². The Morgan fingerprint density at radius 2 is 2.00 bits per heavy atom. The molecule has 0 aliphatic rings. The normalized spacial score (nSPS) is 12.5. The average Bonchev–Trinajstić information content (AvgIpc) is 3.16. The number of aromatic nitrogens is 1. The lowest BCUT2D eigenvalue weighted by molar-refractivity contribution is 0.0954. The quantitative estimate of drug-likeness (QED) is 0.411. The van der Waals surface area contributed by atoms with E-state index >= 15 is 0 Å². The first-order valence-corrected chi connectivity index (χ1v) is 9.65. The van der Waals surface area contributed by atoms with Gasteiger partial charge in [0.2, 0.25) is 0 Å². The lowest BCUT2D eigenvalue weighted by Crippen LogP contribution is -2.42. The van der Waals surface area contributed by atoms with Crippen LogP contribution in [0.3, 0.4) is 0 Å². The molecule has 1 atom stereocenters. The molecule has 2 aromatic rings. The molecule has 0 spiro atoms. The van der Waals surface area contributed by atoms with Gasteiger partial charge in [0, 0.05) is 45.2 Å². The predicted octanol–water partition coefficient (Wildman–Crippen LogP) is 2.29. The maximum atomic E-state index is 12.0. The summed E-state index contributed by atoms with van der Waals surface area (Å²) in [5.74, 6) is 0.668. The topological polar surface area (TPSA) is 78.9 Å². The monoisotopic (exact) mass is 389 g/mol. The molecule has 0 aliphatic heterocycles. The van der Waals surface area contributed by atoms with Crippen LogP contribution in [0.25, 0.3) is 0 Å². The second-order valence-corrected chi connectivity index (χ2v) is 6.90. The van der Waals surface area contributed by atoms with E-state index in [0.717, 1.165) is 16.7 Å². The highest BCUT2D eigenvalue weighted by atomic mass is 32.1. The van der Waals surface area contributed by atoms with Crippen molar-refractivity contribution in [2.75, 3.05) is 34.3 Å². The van der Waals surface area contributed by atoms with Crippen LogP contribution in [0.5, 0.6) is 0 Å². The zero-order valence-corrected chi connectivity index (χ0v) is 17.0. The number of aliphatic imine (C=N–C) groups is 1. The van der Waals surface area contributed by atoms with Crippen LogP contribution in [-0.4, -0.2) is 56.0 Å². The fraction of sp³-hybridized carbons (Fsp3) is 0.421. The first kappa shape index (κ1) is 20.9. The van der Waals surface area contributed by atoms with Crippen LogP contribution in [0.2, 0.25) is 0 Å². The molecule has 0 aliphatic carbocycles. The summed E-state index contributed by atoms with van der Waals surface area (Å²) in [6, 6.07) is 9.17. The molecule has 2 rings (SSSR count). The van der Waals surface area contributed by atoms with E-state index in [4.69, 9.17) is 4.74 Å². The van der Waals surface area contributed by atoms with Gasteiger partial charge in [0.1, 0.15) is 11.1 Å². The van der Waals surface area contributed by atoms with Crippen LogP contribution in [-0.2, 0) is 11.3 Å². The number of nitrogens with zero attached hydrogens (tertiary/aromatic N) is 3. The molecule has 0 bridgehead atoms. The Morgan fingerprint density at radius 1 is 1.30 bits per heavy atom. The van der Waals surface area contributed by atoms with Crippen LogP contribution in [0.15, 0.2) is 40.7 Å². The third-order valence-corrected chi connectivity index (χ3v) is 5.03. The van der Waals surface area contributed by atoms with Crippen molar-refractivity contribution in [2.45, 2.75) is 19.6 Å². The Balaban J connectivity index is 1.77. The molecule has 1 aromatic carbocycles. The van der Waals surface area contributed by atoms with Crippen molar-refractivity contribution in [3.8, 4) is 0 Å². The number of guanidine groups is 1. The Bertz CT molecular complexity index is 748. The van der Waals surface area contributed by atoms with Gasteiger partial charge in [-0.1, -0.05) is 18.2 Å². The summed E-state index contributed by atoms with van der Waals surface area (Å²) in [6.45, 7) is 3.71. The molecule has 1 amide bonds. The van der Waals surface area contributed by atoms with Gasteiger partial charge in [-0.15, -0.1) is 11.3 Å². The third kappa shape index (κ3) is 6.33. The number of ether oxygens (including phenoxy) is 1. The molecule has 8 heteroatoms. The molecule has 0 saturated carbocycles. The molecule has 0 fully saturated rings. The van der Waals surface area contributed by atoms with Gasteiger partial charge in [0.25, 0.3) is 5.91 Å². The molecule has 0 radical (unpaired) electrons. The lowest BCUT2D eigenvalue weighted by Gasteiger charge is -2.21. The van der Waals surface area contributed by atoms with Gasteiger partial charge >= 0.3 is 0 Å². The standard InChI is InChI=1S/C19H27N5O2S/c1-14(26-4)18-23-16(13-27-18)12-24(3)19(20-2)22-11-10-21-17(25)15-8-6-5-7-9-15/h5-9,13-14H,10-12H2,1-4H3,(H,20,22)(H,21,25). The Hall–Kier alpha value is -2.45. The number of hydrogen-bond acceptors (Lipinski definition) is 5. The van der Waals surface area contributed by atoms with Crippen LogP contribution in [0, 0.1) is 0 Å². The van der Waals surface area contributed by atoms with E-state index in [1.165, 1.54) is 0 Å². The van der Waals surface area contributed by atoms with E-state index in [1.54, 1.807) is 37.6 Å². The highest BCUT2D eigenvalue weighted by molar-refractivity contribution is 7.09. The summed E-state index contributed by atoms with van der Waals surface area (Å²) in [7, 11) is 5.37. The number of benzene rings is 1. The minimum atomic E-state index is -0.0805. The molecular formula is C19H27N5O2S. The van der Waals surface area contributed by atoms with Gasteiger partial charge in [-0.25, -0.2) is 4.98 Å². The fourth-order valence-electron chi connectivity index (χ4n) is 2.43. The van der Waals surface area contributed by atoms with E-state index < -0.39 is 0 Å². The summed E-state index contributed by atoms with van der Waals surface area (Å²) < 4.78 is 5.30. The fourth-order valence-corrected chi connectivity index (χ4v) is 3.27. The van der Waals surface area contributed by atoms with Crippen molar-refractivity contribution < 1.29 is 9.53 Å². The summed E-state index contributed by atoms with van der Waals surface area (Å²) in [6.07, 6.45) is -0.000260. The SMILES string of the molecule is CN=C(NCCNC(=O)c1ccccc1)N(C)Cc1csc(C(C)OC)n1. The summed E-state index contributed by atoms with van der Waals surface area (Å²) in [4.78, 5) is 22.9. The highest BCUT2D eigenvalue weighted by Crippen LogP contribution is 2.20. The van der Waals surface area contributed by atoms with Crippen LogP contribution < -0.4 is 10.6 Å². The minimum Gasteiger partial charge on any atom is -0.375 e. The Kier molecular flexibility index (Phi) is 8.22. The van der Waals surface area contributed by atoms with Gasteiger partial charge in [-0.2, -0.15) is 0 Å². The predicted molar refractivity (Wildman–Crippen MR) is 109 cm³/mol. The van der Waals surface area contributed by atoms with Gasteiger partial charge in [0.15, 0.2) is 5.96 Å². The highest BCUT2D eigenvalue weighted by Gasteiger charge is 2.12. The minimum absolute atomic E-state index is 0.000260. The second-order valence-electron chi connectivity index (χ2n) is 6.01. The summed E-state index contributed by atoms with van der Waals surface area (Å²) in [5, 5.41) is 9.14. The zero-order valence-electron chi connectivity index (χ0n) is 16.2. The third-order valence-electron chi connectivity index (χ3n) is 3.97. The van der Waals surface area contributed by atoms with Crippen molar-refractivity contribution >= 4 is 23.2 Å². The molecule has 1 heterocycles. The second kappa shape index (κ2) is 10.6. The zero-order chi connectivity index (χ0) is 19.6. The number of hydrogen-bond donors (Lipinski definition) is 2. The van der Waals surface area contributed by atoms with E-state index in [1.807, 2.05) is 42.5 Å². The van der Waals surface area contributed by atoms with Crippen molar-refractivity contribution in [1.82, 2.24) is 20.5 Å². The lowest BCUT2D eigenvalue weighted by atomic mass is 10.2. The van der Waals surface area contributed by atoms with Gasteiger partial charge in [-0.3, -0.25) is 9.79 Å². The molecule has 2 N–H and O–H groups in total. The van der Waals surface area contributed by atoms with Crippen molar-refractivity contribution in [3.05, 3.63) is 52.0 Å². The summed E-state index contributed by atoms with van der Waals surface area (Å²) >= 11 is 1.60. The van der Waals surface area contributed by atoms with Gasteiger partial charge in [-0.05, 0) is 19.1 Å². The number of thiazole rings is 1. The van der Waals surface area contributed by atoms with Gasteiger partial charge < -0.3 is 20.3 Å². The van der Waals surface area contributed by atoms with Gasteiger partial charge in [0.05, 0.1) is 12.2 Å². The average molecular weight is 390 g/mol. The first-order valence-electron chi connectivity index (χ1n) is 8.77. The molecule has 1 unspecified atom stereocenters. The van der Waals surface area contributed by atoms with E-state index in [9.17, 15) is 4.79 Å². The number of nitrogens with one attached hydrogen (secondary N) is 2. The number of rotatable bonds is 8. The molecule has 0 saturated heterocycles. The maximum Gasteiger partial charge on any atom is 0.251 e. The summed E-state index contributed by atoms with van der Waals surface area (Å²) in [5.41, 5.74) is 1.63. The largest absolute Gasteiger partial charge is 0.375 e. The molecule has 1 aromatic heterocycles. The Morgan fingerprint density at radius 3 is 2.67 bits per heavy atom. The molecule has 146 valence electrons. The number of carbonyl (C=O) groups is 1. The molecule has 27 heavy (non-hydrogen) atoms. The Labute approximate surface area is 164 Å². The van der Waals surface area contributed by atoms with Crippen molar-refractivity contribution in [3.63, 3.8) is 0 Å². The van der Waals surface area contributed by atoms with Crippen molar-refractivity contribution in [2.24, 2.45) is 4.99 Å². The molecule has 7 nitrogen and oxygen atoms in total. The molecular weight excluding hydrogens is 362 g/mol. The van der Waals surface area contributed by atoms with E-state index in [0.29, 0.717) is 25.2 Å². The smallest absolute Gasteiger partial charge is 0.251 e. The van der Waals surface area contributed by atoms with E-state index in [-0.39, 0.29) is 12.0 Å². The maximum absolute atomic E-state index is 12.0. The number of methoxy groups -OCH3 is 1. The van der Waals surface area contributed by atoms with Crippen LogP contribution in [0.1, 0.15) is 34.1 Å².